The van der Waals surface area contributed by atoms with Crippen LogP contribution in [0.25, 0.3) is 0 Å². The fraction of sp³-hybridized carbons (Fsp3) is 0.953. The monoisotopic (exact) mass is 728 g/mol. The molecule has 1 N–H and O–H groups in total. The number of carbonyl (C=O) groups excluding carboxylic acids is 2. The van der Waals surface area contributed by atoms with Gasteiger partial charge in [-0.05, 0) is 83.1 Å². The standard InChI is InChI=1S/C43H85NO5S/c1-4-7-10-13-17-23-30-41(31-24-18-14-11-8-5-2)49-43(47)32-25-19-16-20-26-34-44(36-37-45)35-27-22-28-38-48-42(46)33-40-50-39-29-21-15-12-9-6-3/h41,45H,4-40H2,1-3H3. The second-order valence-corrected chi connectivity index (χ2v) is 15.9. The Labute approximate surface area is 315 Å². The number of unbranched alkanes of at least 4 members (excludes halogenated alkanes) is 21. The summed E-state index contributed by atoms with van der Waals surface area (Å²) in [5.41, 5.74) is 0. The molecule has 0 unspecified atom stereocenters. The Balaban J connectivity index is 3.95. The molecule has 0 aliphatic heterocycles. The molecule has 0 saturated heterocycles. The quantitative estimate of drug-likeness (QED) is 0.0496. The number of hydrogen-bond donors (Lipinski definition) is 1. The van der Waals surface area contributed by atoms with Gasteiger partial charge in [0.15, 0.2) is 0 Å². The van der Waals surface area contributed by atoms with Gasteiger partial charge in [-0.2, -0.15) is 11.8 Å². The summed E-state index contributed by atoms with van der Waals surface area (Å²) in [6.07, 6.45) is 34.9. The highest BCUT2D eigenvalue weighted by Crippen LogP contribution is 2.18. The van der Waals surface area contributed by atoms with Crippen molar-refractivity contribution in [2.45, 2.75) is 219 Å². The van der Waals surface area contributed by atoms with E-state index in [9.17, 15) is 14.7 Å². The van der Waals surface area contributed by atoms with Crippen molar-refractivity contribution in [2.75, 3.05) is 44.4 Å². The molecule has 7 heteroatoms. The molecule has 0 bridgehead atoms. The third-order valence-electron chi connectivity index (χ3n) is 9.80. The topological polar surface area (TPSA) is 76.1 Å². The van der Waals surface area contributed by atoms with Crippen molar-refractivity contribution >= 4 is 23.7 Å². The largest absolute Gasteiger partial charge is 0.466 e. The smallest absolute Gasteiger partial charge is 0.306 e. The van der Waals surface area contributed by atoms with E-state index in [1.165, 1.54) is 116 Å². The highest BCUT2D eigenvalue weighted by molar-refractivity contribution is 7.99. The highest BCUT2D eigenvalue weighted by Gasteiger charge is 2.14. The molecule has 6 nitrogen and oxygen atoms in total. The van der Waals surface area contributed by atoms with Gasteiger partial charge >= 0.3 is 11.9 Å². The lowest BCUT2D eigenvalue weighted by Crippen LogP contribution is -2.29. The van der Waals surface area contributed by atoms with Crippen LogP contribution in [0.15, 0.2) is 0 Å². The van der Waals surface area contributed by atoms with Gasteiger partial charge in [-0.25, -0.2) is 0 Å². The molecular weight excluding hydrogens is 643 g/mol. The van der Waals surface area contributed by atoms with Gasteiger partial charge in [0.1, 0.15) is 6.10 Å². The van der Waals surface area contributed by atoms with Gasteiger partial charge in [0.2, 0.25) is 0 Å². The Hall–Kier alpha value is -0.790. The van der Waals surface area contributed by atoms with Crippen molar-refractivity contribution in [2.24, 2.45) is 0 Å². The number of rotatable bonds is 41. The van der Waals surface area contributed by atoms with Crippen molar-refractivity contribution in [1.82, 2.24) is 4.90 Å². The first-order valence-electron chi connectivity index (χ1n) is 21.8. The van der Waals surface area contributed by atoms with Crippen LogP contribution in [-0.2, 0) is 19.1 Å². The lowest BCUT2D eigenvalue weighted by molar-refractivity contribution is -0.150. The summed E-state index contributed by atoms with van der Waals surface area (Å²) >= 11 is 1.88. The molecule has 0 fully saturated rings. The first kappa shape index (κ1) is 49.2. The molecule has 0 saturated carbocycles. The average molecular weight is 728 g/mol. The molecule has 0 atom stereocenters. The van der Waals surface area contributed by atoms with Crippen molar-refractivity contribution < 1.29 is 24.2 Å². The number of aliphatic hydroxyl groups is 1. The maximum atomic E-state index is 12.7. The highest BCUT2D eigenvalue weighted by atomic mass is 32.2. The second kappa shape index (κ2) is 41.0. The number of nitrogens with zero attached hydrogens (tertiary/aromatic N) is 1. The number of carbonyl (C=O) groups is 2. The fourth-order valence-electron chi connectivity index (χ4n) is 6.54. The van der Waals surface area contributed by atoms with Crippen LogP contribution < -0.4 is 0 Å². The molecular formula is C43H85NO5S. The minimum atomic E-state index is -0.0598. The zero-order valence-electron chi connectivity index (χ0n) is 33.7. The Morgan fingerprint density at radius 3 is 1.56 bits per heavy atom. The van der Waals surface area contributed by atoms with E-state index >= 15 is 0 Å². The summed E-state index contributed by atoms with van der Waals surface area (Å²) in [4.78, 5) is 27.0. The molecule has 0 radical (unpaired) electrons. The fourth-order valence-corrected chi connectivity index (χ4v) is 7.46. The van der Waals surface area contributed by atoms with Crippen molar-refractivity contribution in [1.29, 1.82) is 0 Å². The van der Waals surface area contributed by atoms with Crippen LogP contribution in [0, 0.1) is 0 Å². The molecule has 0 aliphatic rings. The van der Waals surface area contributed by atoms with Crippen molar-refractivity contribution in [3.63, 3.8) is 0 Å². The summed E-state index contributed by atoms with van der Waals surface area (Å²) in [7, 11) is 0. The Morgan fingerprint density at radius 2 is 1.00 bits per heavy atom. The van der Waals surface area contributed by atoms with Crippen LogP contribution in [0.5, 0.6) is 0 Å². The number of hydrogen-bond acceptors (Lipinski definition) is 7. The normalized spacial score (nSPS) is 11.6. The van der Waals surface area contributed by atoms with Crippen molar-refractivity contribution in [3.05, 3.63) is 0 Å². The summed E-state index contributed by atoms with van der Waals surface area (Å²) < 4.78 is 11.4. The lowest BCUT2D eigenvalue weighted by atomic mass is 10.0. The van der Waals surface area contributed by atoms with Gasteiger partial charge in [0.25, 0.3) is 0 Å². The molecule has 0 heterocycles. The molecule has 50 heavy (non-hydrogen) atoms. The van der Waals surface area contributed by atoms with Crippen LogP contribution in [0.4, 0.5) is 0 Å². The molecule has 0 rings (SSSR count). The number of ether oxygens (including phenoxy) is 2. The number of aliphatic hydroxyl groups excluding tert-OH is 1. The maximum absolute atomic E-state index is 12.7. The Morgan fingerprint density at radius 1 is 0.520 bits per heavy atom. The molecule has 0 aromatic carbocycles. The predicted octanol–water partition coefficient (Wildman–Crippen LogP) is 12.2. The zero-order valence-corrected chi connectivity index (χ0v) is 34.5. The van der Waals surface area contributed by atoms with Gasteiger partial charge < -0.3 is 19.5 Å². The number of thioether (sulfide) groups is 1. The Kier molecular flexibility index (Phi) is 40.3. The summed E-state index contributed by atoms with van der Waals surface area (Å²) in [6.45, 7) is 10.2. The van der Waals surface area contributed by atoms with Crippen molar-refractivity contribution in [3.8, 4) is 0 Å². The lowest BCUT2D eigenvalue weighted by Gasteiger charge is -2.21. The SMILES string of the molecule is CCCCCCCCSCCC(=O)OCCCCCN(CCO)CCCCCCCC(=O)OC(CCCCCCCC)CCCCCCCC. The van der Waals surface area contributed by atoms with Crippen LogP contribution >= 0.6 is 11.8 Å². The summed E-state index contributed by atoms with van der Waals surface area (Å²) in [5.74, 6) is 1.97. The first-order chi connectivity index (χ1) is 24.6. The van der Waals surface area contributed by atoms with Gasteiger partial charge in [0.05, 0.1) is 19.6 Å². The molecule has 0 aliphatic carbocycles. The second-order valence-electron chi connectivity index (χ2n) is 14.7. The predicted molar refractivity (Wildman–Crippen MR) is 217 cm³/mol. The van der Waals surface area contributed by atoms with E-state index in [0.717, 1.165) is 95.3 Å². The zero-order chi connectivity index (χ0) is 36.6. The van der Waals surface area contributed by atoms with Gasteiger partial charge in [-0.1, -0.05) is 136 Å². The van der Waals surface area contributed by atoms with E-state index in [1.54, 1.807) is 0 Å². The van der Waals surface area contributed by atoms with E-state index in [0.29, 0.717) is 19.4 Å². The van der Waals surface area contributed by atoms with Gasteiger partial charge in [-0.3, -0.25) is 9.59 Å². The van der Waals surface area contributed by atoms with Gasteiger partial charge in [-0.15, -0.1) is 0 Å². The van der Waals surface area contributed by atoms with Crippen LogP contribution in [0.2, 0.25) is 0 Å². The first-order valence-corrected chi connectivity index (χ1v) is 23.0. The third kappa shape index (κ3) is 37.0. The summed E-state index contributed by atoms with van der Waals surface area (Å²) in [6, 6.07) is 0. The third-order valence-corrected chi connectivity index (χ3v) is 10.9. The van der Waals surface area contributed by atoms with E-state index in [1.807, 2.05) is 11.8 Å². The molecule has 298 valence electrons. The minimum Gasteiger partial charge on any atom is -0.466 e. The van der Waals surface area contributed by atoms with E-state index < -0.39 is 0 Å². The molecule has 0 spiro atoms. The molecule has 0 aromatic rings. The van der Waals surface area contributed by atoms with Crippen LogP contribution in [-0.4, -0.2) is 72.4 Å². The van der Waals surface area contributed by atoms with Gasteiger partial charge in [0, 0.05) is 18.7 Å². The molecule has 0 aromatic heterocycles. The van der Waals surface area contributed by atoms with Crippen LogP contribution in [0.1, 0.15) is 213 Å². The maximum Gasteiger partial charge on any atom is 0.306 e. The Bertz CT molecular complexity index is 693. The van der Waals surface area contributed by atoms with E-state index in [-0.39, 0.29) is 24.6 Å². The average Bonchev–Trinajstić information content (AvgIpc) is 3.11. The molecule has 0 amide bonds. The number of esters is 2. The minimum absolute atomic E-state index is 0.00802. The van der Waals surface area contributed by atoms with E-state index in [4.69, 9.17) is 9.47 Å². The van der Waals surface area contributed by atoms with E-state index in [2.05, 4.69) is 25.7 Å². The van der Waals surface area contributed by atoms with Crippen LogP contribution in [0.3, 0.4) is 0 Å². The summed E-state index contributed by atoms with van der Waals surface area (Å²) in [5, 5.41) is 9.53.